The summed E-state index contributed by atoms with van der Waals surface area (Å²) in [5, 5.41) is 6.81. The number of hydrogen-bond donors (Lipinski definition) is 2. The fraction of sp³-hybridized carbons (Fsp3) is 0.476. The van der Waals surface area contributed by atoms with Crippen molar-refractivity contribution in [1.29, 1.82) is 0 Å². The molecule has 8 heteroatoms. The molecule has 29 heavy (non-hydrogen) atoms. The largest absolute Gasteiger partial charge is 0.454 e. The van der Waals surface area contributed by atoms with Crippen molar-refractivity contribution >= 4 is 29.1 Å². The first-order valence-corrected chi connectivity index (χ1v) is 10.4. The van der Waals surface area contributed by atoms with Gasteiger partial charge in [-0.15, -0.1) is 0 Å². The number of ether oxygens (including phenoxy) is 2. The Morgan fingerprint density at radius 3 is 2.69 bits per heavy atom. The van der Waals surface area contributed by atoms with Crippen LogP contribution >= 0.6 is 12.2 Å². The lowest BCUT2D eigenvalue weighted by Crippen LogP contribution is -2.39. The van der Waals surface area contributed by atoms with Crippen molar-refractivity contribution in [2.24, 2.45) is 11.8 Å². The summed E-state index contributed by atoms with van der Waals surface area (Å²) in [6.45, 7) is 9.46. The van der Waals surface area contributed by atoms with Gasteiger partial charge in [-0.2, -0.15) is 4.98 Å². The summed E-state index contributed by atoms with van der Waals surface area (Å²) < 4.78 is 10.8. The van der Waals surface area contributed by atoms with E-state index in [1.807, 2.05) is 31.2 Å². The molecule has 154 valence electrons. The maximum atomic E-state index is 5.44. The van der Waals surface area contributed by atoms with Crippen LogP contribution < -0.4 is 25.0 Å². The van der Waals surface area contributed by atoms with Crippen molar-refractivity contribution in [3.05, 3.63) is 35.5 Å². The van der Waals surface area contributed by atoms with Gasteiger partial charge >= 0.3 is 0 Å². The van der Waals surface area contributed by atoms with Gasteiger partial charge in [-0.3, -0.25) is 0 Å². The van der Waals surface area contributed by atoms with Crippen LogP contribution in [0.1, 0.15) is 31.5 Å². The van der Waals surface area contributed by atoms with Crippen LogP contribution in [0.3, 0.4) is 0 Å². The van der Waals surface area contributed by atoms with E-state index >= 15 is 0 Å². The highest BCUT2D eigenvalue weighted by Crippen LogP contribution is 2.32. The van der Waals surface area contributed by atoms with Gasteiger partial charge < -0.3 is 25.0 Å². The van der Waals surface area contributed by atoms with Gasteiger partial charge in [0.05, 0.1) is 0 Å². The summed E-state index contributed by atoms with van der Waals surface area (Å²) in [6.07, 6.45) is 1.26. The van der Waals surface area contributed by atoms with Crippen molar-refractivity contribution < 1.29 is 9.47 Å². The van der Waals surface area contributed by atoms with E-state index in [1.54, 1.807) is 0 Å². The summed E-state index contributed by atoms with van der Waals surface area (Å²) in [5.41, 5.74) is 1.97. The summed E-state index contributed by atoms with van der Waals surface area (Å²) in [6, 6.07) is 7.90. The molecule has 4 rings (SSSR count). The second-order valence-corrected chi connectivity index (χ2v) is 8.45. The van der Waals surface area contributed by atoms with E-state index in [0.717, 1.165) is 41.7 Å². The molecule has 0 unspecified atom stereocenters. The van der Waals surface area contributed by atoms with Crippen molar-refractivity contribution in [2.75, 3.05) is 30.1 Å². The summed E-state index contributed by atoms with van der Waals surface area (Å²) in [7, 11) is 0. The van der Waals surface area contributed by atoms with Crippen LogP contribution in [0, 0.1) is 18.8 Å². The molecule has 2 N–H and O–H groups in total. The monoisotopic (exact) mass is 413 g/mol. The van der Waals surface area contributed by atoms with Crippen LogP contribution in [0.15, 0.2) is 24.3 Å². The number of rotatable bonds is 4. The Labute approximate surface area is 176 Å². The van der Waals surface area contributed by atoms with Gasteiger partial charge in [0, 0.05) is 31.4 Å². The van der Waals surface area contributed by atoms with Gasteiger partial charge in [0.15, 0.2) is 16.6 Å². The maximum absolute atomic E-state index is 5.44. The summed E-state index contributed by atoms with van der Waals surface area (Å²) in [4.78, 5) is 11.6. The number of piperidine rings is 1. The molecule has 0 radical (unpaired) electrons. The zero-order valence-electron chi connectivity index (χ0n) is 17.1. The number of fused-ring (bicyclic) bond motifs is 1. The van der Waals surface area contributed by atoms with Gasteiger partial charge in [-0.1, -0.05) is 19.9 Å². The molecule has 2 aromatic rings. The first kappa shape index (κ1) is 19.7. The van der Waals surface area contributed by atoms with Gasteiger partial charge in [-0.25, -0.2) is 4.98 Å². The number of benzene rings is 1. The van der Waals surface area contributed by atoms with Crippen LogP contribution in [0.4, 0.5) is 11.8 Å². The fourth-order valence-corrected chi connectivity index (χ4v) is 4.16. The number of aryl methyl sites for hydroxylation is 1. The Morgan fingerprint density at radius 1 is 1.14 bits per heavy atom. The van der Waals surface area contributed by atoms with Crippen LogP contribution in [-0.2, 0) is 6.54 Å². The van der Waals surface area contributed by atoms with E-state index < -0.39 is 0 Å². The smallest absolute Gasteiger partial charge is 0.231 e. The van der Waals surface area contributed by atoms with Crippen molar-refractivity contribution in [1.82, 2.24) is 15.3 Å². The van der Waals surface area contributed by atoms with E-state index in [9.17, 15) is 0 Å². The molecule has 0 spiro atoms. The van der Waals surface area contributed by atoms with Crippen molar-refractivity contribution in [3.8, 4) is 11.5 Å². The molecule has 2 atom stereocenters. The Hall–Kier alpha value is -2.61. The molecule has 1 aromatic carbocycles. The van der Waals surface area contributed by atoms with E-state index in [2.05, 4.69) is 34.4 Å². The zero-order chi connectivity index (χ0) is 20.4. The van der Waals surface area contributed by atoms with Gasteiger partial charge in [0.1, 0.15) is 5.82 Å². The lowest BCUT2D eigenvalue weighted by atomic mass is 9.92. The van der Waals surface area contributed by atoms with Crippen LogP contribution in [0.25, 0.3) is 0 Å². The molecule has 7 nitrogen and oxygen atoms in total. The minimum absolute atomic E-state index is 0.272. The molecular formula is C21H27N5O2S. The Morgan fingerprint density at radius 2 is 1.90 bits per heavy atom. The molecule has 0 aliphatic carbocycles. The third kappa shape index (κ3) is 4.87. The molecular weight excluding hydrogens is 386 g/mol. The number of thiocarbonyl (C=S) groups is 1. The lowest BCUT2D eigenvalue weighted by Gasteiger charge is -2.36. The zero-order valence-corrected chi connectivity index (χ0v) is 17.9. The molecule has 3 heterocycles. The quantitative estimate of drug-likeness (QED) is 0.738. The summed E-state index contributed by atoms with van der Waals surface area (Å²) in [5.74, 6) is 4.34. The Bertz CT molecular complexity index is 897. The van der Waals surface area contributed by atoms with Crippen molar-refractivity contribution in [3.63, 3.8) is 0 Å². The fourth-order valence-electron chi connectivity index (χ4n) is 4.00. The average molecular weight is 414 g/mol. The molecule has 1 fully saturated rings. The minimum Gasteiger partial charge on any atom is -0.454 e. The molecule has 1 aromatic heterocycles. The number of aromatic nitrogens is 2. The predicted octanol–water partition coefficient (Wildman–Crippen LogP) is 3.48. The SMILES string of the molecule is Cc1cc(N2C[C@@H](C)C[C@H](C)C2)nc(NC(=S)NCc2ccc3c(c2)OCO3)n1. The highest BCUT2D eigenvalue weighted by molar-refractivity contribution is 7.80. The number of nitrogens with zero attached hydrogens (tertiary/aromatic N) is 3. The standard InChI is InChI=1S/C21H27N5O2S/c1-13-6-14(2)11-26(10-13)19-7-15(3)23-20(24-19)25-21(29)22-9-16-4-5-17-18(8-16)28-12-27-17/h4-5,7-8,13-14H,6,9-12H2,1-3H3,(H2,22,23,24,25,29)/t13-,14-/m0/s1. The molecule has 0 bridgehead atoms. The van der Waals surface area contributed by atoms with Gasteiger partial charge in [0.2, 0.25) is 12.7 Å². The van der Waals surface area contributed by atoms with Gasteiger partial charge in [0.25, 0.3) is 0 Å². The highest BCUT2D eigenvalue weighted by atomic mass is 32.1. The molecule has 0 saturated carbocycles. The number of nitrogens with one attached hydrogen (secondary N) is 2. The second-order valence-electron chi connectivity index (χ2n) is 8.04. The first-order valence-electron chi connectivity index (χ1n) is 10.0. The number of hydrogen-bond acceptors (Lipinski definition) is 6. The number of anilines is 2. The second kappa shape index (κ2) is 8.41. The van der Waals surface area contributed by atoms with E-state index in [-0.39, 0.29) is 6.79 Å². The van der Waals surface area contributed by atoms with Crippen LogP contribution in [-0.4, -0.2) is 35.0 Å². The predicted molar refractivity (Wildman–Crippen MR) is 118 cm³/mol. The maximum Gasteiger partial charge on any atom is 0.231 e. The summed E-state index contributed by atoms with van der Waals surface area (Å²) >= 11 is 5.44. The molecule has 2 aliphatic heterocycles. The lowest BCUT2D eigenvalue weighted by molar-refractivity contribution is 0.174. The molecule has 2 aliphatic rings. The normalized spacial score (nSPS) is 20.4. The minimum atomic E-state index is 0.272. The van der Waals surface area contributed by atoms with E-state index in [1.165, 1.54) is 6.42 Å². The van der Waals surface area contributed by atoms with Crippen molar-refractivity contribution in [2.45, 2.75) is 33.7 Å². The van der Waals surface area contributed by atoms with E-state index in [4.69, 9.17) is 26.7 Å². The van der Waals surface area contributed by atoms with Crippen LogP contribution in [0.5, 0.6) is 11.5 Å². The molecule has 0 amide bonds. The Kier molecular flexibility index (Phi) is 5.71. The van der Waals surface area contributed by atoms with E-state index in [0.29, 0.717) is 29.4 Å². The topological polar surface area (TPSA) is 71.5 Å². The Balaban J connectivity index is 1.38. The van der Waals surface area contributed by atoms with Crippen LogP contribution in [0.2, 0.25) is 0 Å². The molecule has 1 saturated heterocycles. The third-order valence-electron chi connectivity index (χ3n) is 5.15. The average Bonchev–Trinajstić information content (AvgIpc) is 3.13. The van der Waals surface area contributed by atoms with Gasteiger partial charge in [-0.05, 0) is 55.1 Å². The highest BCUT2D eigenvalue weighted by Gasteiger charge is 2.23. The third-order valence-corrected chi connectivity index (χ3v) is 5.40. The first-order chi connectivity index (χ1) is 14.0.